The number of aromatic carboxylic acids is 1. The number of thioether (sulfide) groups is 1. The van der Waals surface area contributed by atoms with Gasteiger partial charge in [-0.1, -0.05) is 43.4 Å². The van der Waals surface area contributed by atoms with E-state index in [1.807, 2.05) is 6.07 Å². The molecule has 1 saturated heterocycles. The van der Waals surface area contributed by atoms with Crippen molar-refractivity contribution in [1.29, 1.82) is 0 Å². The van der Waals surface area contributed by atoms with Crippen molar-refractivity contribution in [2.75, 3.05) is 18.6 Å². The van der Waals surface area contributed by atoms with Gasteiger partial charge in [0.2, 0.25) is 0 Å². The van der Waals surface area contributed by atoms with Crippen LogP contribution in [0, 0.1) is 0 Å². The van der Waals surface area contributed by atoms with E-state index in [1.165, 1.54) is 23.1 Å². The zero-order chi connectivity index (χ0) is 22.5. The van der Waals surface area contributed by atoms with E-state index in [0.717, 1.165) is 30.2 Å². The molecular weight excluding hydrogens is 438 g/mol. The van der Waals surface area contributed by atoms with Crippen LogP contribution in [0.3, 0.4) is 0 Å². The Morgan fingerprint density at radius 3 is 2.68 bits per heavy atom. The van der Waals surface area contributed by atoms with Crippen LogP contribution in [-0.4, -0.2) is 40.1 Å². The highest BCUT2D eigenvalue weighted by Crippen LogP contribution is 2.38. The van der Waals surface area contributed by atoms with E-state index >= 15 is 0 Å². The van der Waals surface area contributed by atoms with Gasteiger partial charge in [0.25, 0.3) is 5.91 Å². The molecule has 31 heavy (non-hydrogen) atoms. The minimum atomic E-state index is -1.30. The number of methoxy groups -OCH3 is 1. The molecule has 1 aliphatic rings. The first-order valence-corrected chi connectivity index (χ1v) is 10.7. The third-order valence-electron chi connectivity index (χ3n) is 4.50. The van der Waals surface area contributed by atoms with Crippen molar-refractivity contribution in [2.24, 2.45) is 0 Å². The van der Waals surface area contributed by atoms with E-state index in [-0.39, 0.29) is 27.2 Å². The fourth-order valence-electron chi connectivity index (χ4n) is 2.90. The lowest BCUT2D eigenvalue weighted by Crippen LogP contribution is -2.27. The molecule has 1 aliphatic heterocycles. The Bertz CT molecular complexity index is 1070. The summed E-state index contributed by atoms with van der Waals surface area (Å²) < 4.78 is 11.4. The fraction of sp³-hybridized carbons (Fsp3) is 0.227. The molecule has 0 radical (unpaired) electrons. The number of nitrogens with zero attached hydrogens (tertiary/aromatic N) is 1. The molecule has 0 bridgehead atoms. The van der Waals surface area contributed by atoms with Crippen LogP contribution in [0.2, 0.25) is 0 Å². The number of hydrogen-bond donors (Lipinski definition) is 2. The minimum Gasteiger partial charge on any atom is -0.507 e. The summed E-state index contributed by atoms with van der Waals surface area (Å²) in [6, 6.07) is 9.28. The van der Waals surface area contributed by atoms with Gasteiger partial charge in [-0.05, 0) is 48.4 Å². The molecule has 0 spiro atoms. The lowest BCUT2D eigenvalue weighted by Gasteiger charge is -2.15. The fourth-order valence-corrected chi connectivity index (χ4v) is 4.19. The second-order valence-electron chi connectivity index (χ2n) is 6.64. The van der Waals surface area contributed by atoms with Crippen LogP contribution < -0.4 is 14.4 Å². The van der Waals surface area contributed by atoms with Gasteiger partial charge in [0.1, 0.15) is 11.3 Å². The maximum absolute atomic E-state index is 13.0. The maximum atomic E-state index is 13.0. The molecule has 1 amide bonds. The van der Waals surface area contributed by atoms with Crippen molar-refractivity contribution in [3.63, 3.8) is 0 Å². The van der Waals surface area contributed by atoms with Gasteiger partial charge in [0.05, 0.1) is 24.3 Å². The standard InChI is InChI=1S/C22H21NO6S2/c1-3-4-9-29-17-8-5-13(10-18(17)28-2)11-19-20(25)23(22(30)31-19)14-6-7-16(24)15(12-14)21(26)27/h5-8,10-12,24H,3-4,9H2,1-2H3,(H,26,27). The molecule has 2 aromatic carbocycles. The van der Waals surface area contributed by atoms with Gasteiger partial charge in [0.15, 0.2) is 15.8 Å². The lowest BCUT2D eigenvalue weighted by atomic mass is 10.1. The number of carboxylic acids is 1. The summed E-state index contributed by atoms with van der Waals surface area (Å²) in [5, 5.41) is 18.9. The molecule has 0 aromatic heterocycles. The van der Waals surface area contributed by atoms with E-state index in [0.29, 0.717) is 23.0 Å². The quantitative estimate of drug-likeness (QED) is 0.334. The van der Waals surface area contributed by atoms with Crippen LogP contribution in [0.25, 0.3) is 6.08 Å². The third-order valence-corrected chi connectivity index (χ3v) is 5.81. The molecule has 2 aromatic rings. The first-order chi connectivity index (χ1) is 14.8. The normalized spacial score (nSPS) is 14.9. The van der Waals surface area contributed by atoms with Crippen LogP contribution >= 0.6 is 24.0 Å². The molecule has 3 rings (SSSR count). The van der Waals surface area contributed by atoms with Gasteiger partial charge in [-0.25, -0.2) is 4.79 Å². The number of unbranched alkanes of at least 4 members (excludes halogenated alkanes) is 1. The Morgan fingerprint density at radius 2 is 2.00 bits per heavy atom. The lowest BCUT2D eigenvalue weighted by molar-refractivity contribution is -0.113. The molecule has 9 heteroatoms. The number of phenols is 1. The summed E-state index contributed by atoms with van der Waals surface area (Å²) in [4.78, 5) is 25.9. The molecule has 0 unspecified atom stereocenters. The summed E-state index contributed by atoms with van der Waals surface area (Å²) in [7, 11) is 1.55. The Balaban J connectivity index is 1.87. The van der Waals surface area contributed by atoms with E-state index in [9.17, 15) is 19.8 Å². The van der Waals surface area contributed by atoms with Crippen molar-refractivity contribution in [3.8, 4) is 17.2 Å². The largest absolute Gasteiger partial charge is 0.507 e. The van der Waals surface area contributed by atoms with Gasteiger partial charge in [0, 0.05) is 0 Å². The van der Waals surface area contributed by atoms with Crippen LogP contribution in [-0.2, 0) is 4.79 Å². The summed E-state index contributed by atoms with van der Waals surface area (Å²) in [6.07, 6.45) is 3.65. The van der Waals surface area contributed by atoms with Gasteiger partial charge >= 0.3 is 5.97 Å². The van der Waals surface area contributed by atoms with Crippen molar-refractivity contribution < 1.29 is 29.3 Å². The third kappa shape index (κ3) is 5.00. The topological polar surface area (TPSA) is 96.3 Å². The van der Waals surface area contributed by atoms with E-state index in [1.54, 1.807) is 25.3 Å². The highest BCUT2D eigenvalue weighted by atomic mass is 32.2. The van der Waals surface area contributed by atoms with Crippen LogP contribution in [0.5, 0.6) is 17.2 Å². The average Bonchev–Trinajstić information content (AvgIpc) is 3.02. The van der Waals surface area contributed by atoms with Crippen LogP contribution in [0.1, 0.15) is 35.7 Å². The Labute approximate surface area is 189 Å². The predicted octanol–water partition coefficient (Wildman–Crippen LogP) is 4.68. The van der Waals surface area contributed by atoms with Crippen molar-refractivity contribution >= 4 is 51.9 Å². The van der Waals surface area contributed by atoms with E-state index in [4.69, 9.17) is 21.7 Å². The zero-order valence-corrected chi connectivity index (χ0v) is 18.6. The predicted molar refractivity (Wildman–Crippen MR) is 124 cm³/mol. The Morgan fingerprint density at radius 1 is 1.23 bits per heavy atom. The second-order valence-corrected chi connectivity index (χ2v) is 8.31. The van der Waals surface area contributed by atoms with Gasteiger partial charge < -0.3 is 19.7 Å². The van der Waals surface area contributed by atoms with Gasteiger partial charge in [-0.15, -0.1) is 0 Å². The summed E-state index contributed by atoms with van der Waals surface area (Å²) >= 11 is 6.45. The number of benzene rings is 2. The van der Waals surface area contributed by atoms with Crippen molar-refractivity contribution in [1.82, 2.24) is 0 Å². The first-order valence-electron chi connectivity index (χ1n) is 9.50. The molecule has 0 saturated carbocycles. The molecule has 1 fully saturated rings. The molecule has 7 nitrogen and oxygen atoms in total. The summed E-state index contributed by atoms with van der Waals surface area (Å²) in [5.41, 5.74) is 0.703. The number of hydrogen-bond acceptors (Lipinski definition) is 7. The SMILES string of the molecule is CCCCOc1ccc(C=C2SC(=S)N(c3ccc(O)c(C(=O)O)c3)C2=O)cc1OC. The zero-order valence-electron chi connectivity index (χ0n) is 17.0. The number of anilines is 1. The summed E-state index contributed by atoms with van der Waals surface area (Å²) in [5.74, 6) is -0.866. The first kappa shape index (κ1) is 22.6. The Kier molecular flexibility index (Phi) is 7.19. The van der Waals surface area contributed by atoms with E-state index < -0.39 is 5.97 Å². The van der Waals surface area contributed by atoms with E-state index in [2.05, 4.69) is 6.92 Å². The maximum Gasteiger partial charge on any atom is 0.339 e. The number of carboxylic acid groups (broad SMARTS) is 1. The second kappa shape index (κ2) is 9.84. The number of aromatic hydroxyl groups is 1. The monoisotopic (exact) mass is 459 g/mol. The number of carbonyl (C=O) groups excluding carboxylic acids is 1. The van der Waals surface area contributed by atoms with Gasteiger partial charge in [-0.2, -0.15) is 0 Å². The van der Waals surface area contributed by atoms with Crippen LogP contribution in [0.15, 0.2) is 41.3 Å². The molecule has 0 atom stereocenters. The van der Waals surface area contributed by atoms with Gasteiger partial charge in [-0.3, -0.25) is 9.69 Å². The summed E-state index contributed by atoms with van der Waals surface area (Å²) in [6.45, 7) is 2.68. The highest BCUT2D eigenvalue weighted by molar-refractivity contribution is 8.27. The van der Waals surface area contributed by atoms with Crippen molar-refractivity contribution in [2.45, 2.75) is 19.8 Å². The smallest absolute Gasteiger partial charge is 0.339 e. The Hall–Kier alpha value is -3.04. The molecule has 162 valence electrons. The highest BCUT2D eigenvalue weighted by Gasteiger charge is 2.34. The molecule has 2 N–H and O–H groups in total. The average molecular weight is 460 g/mol. The number of amides is 1. The van der Waals surface area contributed by atoms with Crippen molar-refractivity contribution in [3.05, 3.63) is 52.4 Å². The molecule has 1 heterocycles. The minimum absolute atomic E-state index is 0.268. The number of carbonyl (C=O) groups is 2. The number of thiocarbonyl (C=S) groups is 1. The number of rotatable bonds is 8. The number of ether oxygens (including phenoxy) is 2. The van der Waals surface area contributed by atoms with Crippen LogP contribution in [0.4, 0.5) is 5.69 Å². The molecular formula is C22H21NO6S2. The molecule has 0 aliphatic carbocycles.